The predicted molar refractivity (Wildman–Crippen MR) is 95.8 cm³/mol. The Morgan fingerprint density at radius 1 is 1.19 bits per heavy atom. The fraction of sp³-hybridized carbons (Fsp3) is 0.895. The molecule has 1 nitrogen and oxygen atoms in total. The van der Waals surface area contributed by atoms with Gasteiger partial charge in [0.15, 0.2) is 8.32 Å². The second kappa shape index (κ2) is 7.84. The van der Waals surface area contributed by atoms with Gasteiger partial charge >= 0.3 is 0 Å². The standard InChI is InChI=1S/C19H36OSi/c1-16(2)18-13-10-12-17(15-18)11-8-9-14-20-21(6,7)19(3,4)5/h16-18H,9-10,12-15H2,1-7H3/t17-,18+/m0/s1. The van der Waals surface area contributed by atoms with E-state index in [1.165, 1.54) is 25.7 Å². The topological polar surface area (TPSA) is 9.23 Å². The van der Waals surface area contributed by atoms with Crippen molar-refractivity contribution >= 4 is 8.32 Å². The lowest BCUT2D eigenvalue weighted by Gasteiger charge is -2.35. The molecule has 122 valence electrons. The van der Waals surface area contributed by atoms with Gasteiger partial charge in [-0.25, -0.2) is 0 Å². The first-order valence-corrected chi connectivity index (χ1v) is 11.7. The Hall–Kier alpha value is -0.263. The van der Waals surface area contributed by atoms with Crippen LogP contribution in [0.3, 0.4) is 0 Å². The summed E-state index contributed by atoms with van der Waals surface area (Å²) in [6, 6.07) is 0. The van der Waals surface area contributed by atoms with E-state index < -0.39 is 8.32 Å². The summed E-state index contributed by atoms with van der Waals surface area (Å²) < 4.78 is 6.18. The zero-order valence-corrected chi connectivity index (χ0v) is 16.4. The first-order valence-electron chi connectivity index (χ1n) is 8.76. The highest BCUT2D eigenvalue weighted by atomic mass is 28.4. The third-order valence-corrected chi connectivity index (χ3v) is 10.00. The van der Waals surface area contributed by atoms with Crippen LogP contribution in [0.25, 0.3) is 0 Å². The van der Waals surface area contributed by atoms with Gasteiger partial charge in [0.2, 0.25) is 0 Å². The molecule has 0 aromatic heterocycles. The molecule has 1 fully saturated rings. The zero-order valence-electron chi connectivity index (χ0n) is 15.4. The number of hydrogen-bond donors (Lipinski definition) is 0. The lowest BCUT2D eigenvalue weighted by Crippen LogP contribution is -2.40. The number of hydrogen-bond acceptors (Lipinski definition) is 1. The summed E-state index contributed by atoms with van der Waals surface area (Å²) in [6.07, 6.45) is 6.29. The lowest BCUT2D eigenvalue weighted by molar-refractivity contribution is 0.246. The van der Waals surface area contributed by atoms with Gasteiger partial charge in [0.05, 0.1) is 0 Å². The van der Waals surface area contributed by atoms with Crippen LogP contribution >= 0.6 is 0 Å². The highest BCUT2D eigenvalue weighted by Gasteiger charge is 2.36. The highest BCUT2D eigenvalue weighted by Crippen LogP contribution is 2.36. The Labute approximate surface area is 134 Å². The van der Waals surface area contributed by atoms with E-state index in [2.05, 4.69) is 59.6 Å². The van der Waals surface area contributed by atoms with Crippen LogP contribution in [0.5, 0.6) is 0 Å². The summed E-state index contributed by atoms with van der Waals surface area (Å²) in [5.41, 5.74) is 0. The van der Waals surface area contributed by atoms with E-state index >= 15 is 0 Å². The molecule has 0 amide bonds. The van der Waals surface area contributed by atoms with E-state index in [4.69, 9.17) is 4.43 Å². The minimum atomic E-state index is -1.59. The average Bonchev–Trinajstić information content (AvgIpc) is 2.37. The Morgan fingerprint density at radius 3 is 2.43 bits per heavy atom. The van der Waals surface area contributed by atoms with Gasteiger partial charge < -0.3 is 4.43 Å². The molecule has 2 atom stereocenters. The normalized spacial score (nSPS) is 23.8. The van der Waals surface area contributed by atoms with Gasteiger partial charge in [-0.15, -0.1) is 5.92 Å². The third kappa shape index (κ3) is 6.16. The molecular weight excluding hydrogens is 272 g/mol. The second-order valence-corrected chi connectivity index (χ2v) is 13.4. The second-order valence-electron chi connectivity index (χ2n) is 8.55. The molecule has 1 saturated carbocycles. The maximum atomic E-state index is 6.18. The molecule has 0 aromatic rings. The fourth-order valence-corrected chi connectivity index (χ4v) is 3.80. The van der Waals surface area contributed by atoms with Gasteiger partial charge in [0, 0.05) is 18.9 Å². The van der Waals surface area contributed by atoms with Crippen LogP contribution in [0.15, 0.2) is 0 Å². The van der Waals surface area contributed by atoms with Crippen LogP contribution in [-0.2, 0) is 4.43 Å². The van der Waals surface area contributed by atoms with Gasteiger partial charge in [0.25, 0.3) is 0 Å². The van der Waals surface area contributed by atoms with Crippen molar-refractivity contribution in [1.29, 1.82) is 0 Å². The summed E-state index contributed by atoms with van der Waals surface area (Å²) in [4.78, 5) is 0. The smallest absolute Gasteiger partial charge is 0.192 e. The van der Waals surface area contributed by atoms with Crippen LogP contribution in [0.1, 0.15) is 66.7 Å². The van der Waals surface area contributed by atoms with E-state index in [0.29, 0.717) is 11.0 Å². The minimum absolute atomic E-state index is 0.300. The Kier molecular flexibility index (Phi) is 7.01. The Morgan fingerprint density at radius 2 is 1.86 bits per heavy atom. The van der Waals surface area contributed by atoms with Crippen molar-refractivity contribution in [3.05, 3.63) is 0 Å². The Balaban J connectivity index is 2.33. The maximum absolute atomic E-state index is 6.18. The highest BCUT2D eigenvalue weighted by molar-refractivity contribution is 6.74. The van der Waals surface area contributed by atoms with E-state index in [1.54, 1.807) is 0 Å². The van der Waals surface area contributed by atoms with Crippen molar-refractivity contribution in [3.63, 3.8) is 0 Å². The van der Waals surface area contributed by atoms with Crippen LogP contribution in [-0.4, -0.2) is 14.9 Å². The summed E-state index contributed by atoms with van der Waals surface area (Å²) in [5.74, 6) is 9.25. The van der Waals surface area contributed by atoms with Crippen LogP contribution in [0, 0.1) is 29.6 Å². The molecule has 1 aliphatic carbocycles. The molecule has 0 heterocycles. The third-order valence-electron chi connectivity index (χ3n) is 5.46. The molecule has 1 rings (SSSR count). The van der Waals surface area contributed by atoms with Crippen molar-refractivity contribution in [1.82, 2.24) is 0 Å². The monoisotopic (exact) mass is 308 g/mol. The van der Waals surface area contributed by atoms with Crippen molar-refractivity contribution in [2.45, 2.75) is 84.9 Å². The van der Waals surface area contributed by atoms with Crippen LogP contribution < -0.4 is 0 Å². The zero-order chi connectivity index (χ0) is 16.1. The summed E-state index contributed by atoms with van der Waals surface area (Å²) in [5, 5.41) is 0.300. The molecule has 0 unspecified atom stereocenters. The molecular formula is C19H36OSi. The van der Waals surface area contributed by atoms with Crippen molar-refractivity contribution in [2.75, 3.05) is 6.61 Å². The van der Waals surface area contributed by atoms with Crippen molar-refractivity contribution in [2.24, 2.45) is 17.8 Å². The first-order chi connectivity index (χ1) is 9.63. The van der Waals surface area contributed by atoms with Gasteiger partial charge in [-0.1, -0.05) is 53.4 Å². The summed E-state index contributed by atoms with van der Waals surface area (Å²) in [7, 11) is -1.59. The largest absolute Gasteiger partial charge is 0.416 e. The molecule has 0 spiro atoms. The SMILES string of the molecule is CC(C)[C@@H]1CCC[C@H](C#CCCO[Si](C)(C)C(C)(C)C)C1. The molecule has 2 heteroatoms. The number of rotatable bonds is 4. The fourth-order valence-electron chi connectivity index (χ4n) is 2.75. The average molecular weight is 309 g/mol. The molecule has 0 saturated heterocycles. The predicted octanol–water partition coefficient (Wildman–Crippen LogP) is 5.86. The van der Waals surface area contributed by atoms with Gasteiger partial charge in [0.1, 0.15) is 0 Å². The molecule has 0 aliphatic heterocycles. The maximum Gasteiger partial charge on any atom is 0.192 e. The molecule has 21 heavy (non-hydrogen) atoms. The van der Waals surface area contributed by atoms with Crippen molar-refractivity contribution in [3.8, 4) is 11.8 Å². The van der Waals surface area contributed by atoms with Crippen LogP contribution in [0.2, 0.25) is 18.1 Å². The quantitative estimate of drug-likeness (QED) is 0.359. The molecule has 0 aromatic carbocycles. The first kappa shape index (κ1) is 18.8. The van der Waals surface area contributed by atoms with Crippen molar-refractivity contribution < 1.29 is 4.43 Å². The van der Waals surface area contributed by atoms with Gasteiger partial charge in [-0.2, -0.15) is 0 Å². The molecule has 1 aliphatic rings. The van der Waals surface area contributed by atoms with Gasteiger partial charge in [-0.05, 0) is 42.8 Å². The van der Waals surface area contributed by atoms with E-state index in [-0.39, 0.29) is 0 Å². The van der Waals surface area contributed by atoms with Crippen LogP contribution in [0.4, 0.5) is 0 Å². The Bertz CT molecular complexity index is 367. The van der Waals surface area contributed by atoms with E-state index in [0.717, 1.165) is 24.9 Å². The summed E-state index contributed by atoms with van der Waals surface area (Å²) >= 11 is 0. The van der Waals surface area contributed by atoms with Gasteiger partial charge in [-0.3, -0.25) is 0 Å². The molecule has 0 N–H and O–H groups in total. The molecule has 0 bridgehead atoms. The van der Waals surface area contributed by atoms with E-state index in [1.807, 2.05) is 0 Å². The lowest BCUT2D eigenvalue weighted by atomic mass is 9.76. The molecule has 0 radical (unpaired) electrons. The van der Waals surface area contributed by atoms with E-state index in [9.17, 15) is 0 Å². The summed E-state index contributed by atoms with van der Waals surface area (Å²) in [6.45, 7) is 17.0. The minimum Gasteiger partial charge on any atom is -0.416 e.